The maximum Gasteiger partial charge on any atom is 0.0919 e. The van der Waals surface area contributed by atoms with Crippen LogP contribution in [0.5, 0.6) is 0 Å². The third-order valence-electron chi connectivity index (χ3n) is 1.11. The lowest BCUT2D eigenvalue weighted by atomic mass is 9.27. The fourth-order valence-electron chi connectivity index (χ4n) is 0.569. The molecule has 0 aliphatic carbocycles. The summed E-state index contributed by atoms with van der Waals surface area (Å²) in [7, 11) is 4.94. The Morgan fingerprint density at radius 3 is 2.38 bits per heavy atom. The van der Waals surface area contributed by atoms with Crippen molar-refractivity contribution in [3.8, 4) is 6.07 Å². The van der Waals surface area contributed by atoms with Crippen LogP contribution in [-0.4, -0.2) is 31.9 Å². The first-order valence-corrected chi connectivity index (χ1v) is 4.56. The minimum atomic E-state index is 1.34. The lowest BCUT2D eigenvalue weighted by molar-refractivity contribution is 1.31. The lowest BCUT2D eigenvalue weighted by Crippen LogP contribution is -1.98. The van der Waals surface area contributed by atoms with E-state index >= 15 is 0 Å². The smallest absolute Gasteiger partial charge is 0.0919 e. The van der Waals surface area contributed by atoms with Crippen molar-refractivity contribution in [2.75, 3.05) is 0 Å². The molecule has 6 heteroatoms. The molecule has 1 rings (SSSR count). The molecule has 0 saturated carbocycles. The fourth-order valence-corrected chi connectivity index (χ4v) is 0.569. The van der Waals surface area contributed by atoms with Crippen LogP contribution in [0, 0.1) is 11.3 Å². The van der Waals surface area contributed by atoms with Crippen molar-refractivity contribution < 1.29 is 0 Å². The van der Waals surface area contributed by atoms with Gasteiger partial charge in [0, 0.05) is 19.3 Å². The van der Waals surface area contributed by atoms with Crippen LogP contribution in [0.3, 0.4) is 0 Å². The summed E-state index contributed by atoms with van der Waals surface area (Å²) >= 11 is 0. The number of rotatable bonds is 2. The molecule has 1 aromatic heterocycles. The minimum absolute atomic E-state index is 1.34. The Labute approximate surface area is 82.8 Å². The summed E-state index contributed by atoms with van der Waals surface area (Å²) in [6.45, 7) is 3.64. The zero-order chi connectivity index (χ0) is 10.4. The van der Waals surface area contributed by atoms with Gasteiger partial charge in [0.15, 0.2) is 0 Å². The van der Waals surface area contributed by atoms with Gasteiger partial charge < -0.3 is 4.98 Å². The molecule has 0 saturated heterocycles. The SMILES string of the molecule is BBBCC.CC#N.c1c[nH]cn1. The van der Waals surface area contributed by atoms with Gasteiger partial charge in [-0.05, 0) is 0 Å². The highest BCUT2D eigenvalue weighted by atomic mass is 14.8. The quantitative estimate of drug-likeness (QED) is 0.626. The summed E-state index contributed by atoms with van der Waals surface area (Å²) in [5, 5.41) is 7.32. The highest BCUT2D eigenvalue weighted by molar-refractivity contribution is 7.23. The number of nitrogens with one attached hydrogen (secondary N) is 1. The summed E-state index contributed by atoms with van der Waals surface area (Å²) in [5.74, 6) is 0. The Morgan fingerprint density at radius 1 is 1.69 bits per heavy atom. The number of imidazole rings is 1. The van der Waals surface area contributed by atoms with Crippen LogP contribution in [0.1, 0.15) is 13.8 Å². The molecule has 1 heterocycles. The van der Waals surface area contributed by atoms with Gasteiger partial charge in [0.25, 0.3) is 0 Å². The molecule has 0 fully saturated rings. The lowest BCUT2D eigenvalue weighted by Gasteiger charge is -1.72. The molecular formula is C7H16B3N3. The maximum absolute atomic E-state index is 7.32. The standard InChI is InChI=1S/C3H4N2.C2H9B3.C2H3N/c1-2-5-3-4-1;1-2-4-5-3;1-2-3/h1-3H,(H,4,5);4-5H,2-3H2,1H3;1H3. The molecule has 0 aliphatic rings. The van der Waals surface area contributed by atoms with Gasteiger partial charge in [0.05, 0.1) is 34.4 Å². The fraction of sp³-hybridized carbons (Fsp3) is 0.429. The molecule has 0 aromatic carbocycles. The van der Waals surface area contributed by atoms with E-state index in [1.165, 1.54) is 27.5 Å². The van der Waals surface area contributed by atoms with E-state index in [1.807, 2.05) is 0 Å². The van der Waals surface area contributed by atoms with E-state index in [9.17, 15) is 0 Å². The second-order valence-corrected chi connectivity index (χ2v) is 2.34. The van der Waals surface area contributed by atoms with E-state index in [-0.39, 0.29) is 0 Å². The molecule has 68 valence electrons. The molecule has 0 unspecified atom stereocenters. The Morgan fingerprint density at radius 2 is 2.31 bits per heavy atom. The first-order valence-electron chi connectivity index (χ1n) is 4.56. The van der Waals surface area contributed by atoms with E-state index in [1.54, 1.807) is 24.8 Å². The van der Waals surface area contributed by atoms with Crippen molar-refractivity contribution in [3.05, 3.63) is 18.7 Å². The molecule has 0 atom stereocenters. The van der Waals surface area contributed by atoms with E-state index in [2.05, 4.69) is 24.6 Å². The molecule has 1 N–H and O–H groups in total. The van der Waals surface area contributed by atoms with Crippen molar-refractivity contribution in [3.63, 3.8) is 0 Å². The Bertz CT molecular complexity index is 164. The van der Waals surface area contributed by atoms with E-state index in [0.29, 0.717) is 0 Å². The van der Waals surface area contributed by atoms with Crippen molar-refractivity contribution in [2.45, 2.75) is 20.2 Å². The third-order valence-corrected chi connectivity index (χ3v) is 1.11. The third kappa shape index (κ3) is 24.8. The summed E-state index contributed by atoms with van der Waals surface area (Å²) in [4.78, 5) is 6.42. The zero-order valence-electron chi connectivity index (χ0n) is 8.75. The number of hydrogen-bond donors (Lipinski definition) is 1. The molecule has 13 heavy (non-hydrogen) atoms. The topological polar surface area (TPSA) is 52.5 Å². The summed E-state index contributed by atoms with van der Waals surface area (Å²) in [5.41, 5.74) is 0. The van der Waals surface area contributed by atoms with Crippen molar-refractivity contribution in [1.29, 1.82) is 5.26 Å². The van der Waals surface area contributed by atoms with Crippen molar-refractivity contribution in [2.24, 2.45) is 0 Å². The first-order chi connectivity index (χ1) is 6.33. The van der Waals surface area contributed by atoms with Crippen LogP contribution in [-0.2, 0) is 0 Å². The predicted octanol–water partition coefficient (Wildman–Crippen LogP) is -0.300. The van der Waals surface area contributed by atoms with Gasteiger partial charge >= 0.3 is 0 Å². The second-order valence-electron chi connectivity index (χ2n) is 2.34. The van der Waals surface area contributed by atoms with Crippen LogP contribution in [0.4, 0.5) is 0 Å². The molecule has 0 spiro atoms. The molecule has 1 aromatic rings. The number of nitriles is 1. The number of H-pyrrole nitrogens is 1. The largest absolute Gasteiger partial charge is 0.351 e. The Kier molecular flexibility index (Phi) is 19.0. The normalized spacial score (nSPS) is 6.23. The number of nitrogens with zero attached hydrogens (tertiary/aromatic N) is 2. The van der Waals surface area contributed by atoms with Crippen molar-refractivity contribution in [1.82, 2.24) is 9.97 Å². The molecule has 0 amide bonds. The molecule has 0 radical (unpaired) electrons. The highest BCUT2D eigenvalue weighted by Crippen LogP contribution is 1.63. The Hall–Kier alpha value is -1.11. The van der Waals surface area contributed by atoms with E-state index in [4.69, 9.17) is 5.26 Å². The molecular weight excluding hydrogens is 159 g/mol. The maximum atomic E-state index is 7.32. The second kappa shape index (κ2) is 17.1. The summed E-state index contributed by atoms with van der Waals surface area (Å²) < 4.78 is 0. The summed E-state index contributed by atoms with van der Waals surface area (Å²) in [6, 6.07) is 1.75. The molecule has 3 nitrogen and oxygen atoms in total. The number of hydrogen-bond acceptors (Lipinski definition) is 2. The number of aromatic nitrogens is 2. The average molecular weight is 175 g/mol. The van der Waals surface area contributed by atoms with Gasteiger partial charge in [0.1, 0.15) is 0 Å². The van der Waals surface area contributed by atoms with Crippen molar-refractivity contribution >= 4 is 22.0 Å². The number of aromatic amines is 1. The zero-order valence-corrected chi connectivity index (χ0v) is 8.75. The van der Waals surface area contributed by atoms with Gasteiger partial charge in [-0.15, -0.1) is 0 Å². The van der Waals surface area contributed by atoms with Gasteiger partial charge in [-0.25, -0.2) is 4.98 Å². The average Bonchev–Trinajstić information content (AvgIpc) is 2.64. The predicted molar refractivity (Wildman–Crippen MR) is 63.2 cm³/mol. The highest BCUT2D eigenvalue weighted by Gasteiger charge is 1.75. The van der Waals surface area contributed by atoms with Gasteiger partial charge in [-0.2, -0.15) is 5.26 Å². The van der Waals surface area contributed by atoms with Crippen LogP contribution >= 0.6 is 0 Å². The van der Waals surface area contributed by atoms with Gasteiger partial charge in [-0.3, -0.25) is 0 Å². The van der Waals surface area contributed by atoms with Crippen LogP contribution in [0.25, 0.3) is 0 Å². The summed E-state index contributed by atoms with van der Waals surface area (Å²) in [6.07, 6.45) is 6.43. The molecule has 0 bridgehead atoms. The van der Waals surface area contributed by atoms with Gasteiger partial charge in [0.2, 0.25) is 0 Å². The van der Waals surface area contributed by atoms with E-state index in [0.717, 1.165) is 0 Å². The monoisotopic (exact) mass is 175 g/mol. The van der Waals surface area contributed by atoms with Gasteiger partial charge in [-0.1, -0.05) is 13.2 Å². The van der Waals surface area contributed by atoms with Crippen LogP contribution < -0.4 is 0 Å². The minimum Gasteiger partial charge on any atom is -0.351 e. The van der Waals surface area contributed by atoms with Crippen LogP contribution in [0.15, 0.2) is 18.7 Å². The Balaban J connectivity index is 0. The molecule has 0 aliphatic heterocycles. The van der Waals surface area contributed by atoms with Crippen LogP contribution in [0.2, 0.25) is 6.32 Å². The first kappa shape index (κ1) is 14.4. The van der Waals surface area contributed by atoms with E-state index < -0.39 is 0 Å².